The van der Waals surface area contributed by atoms with Crippen LogP contribution in [0.1, 0.15) is 17.5 Å². The molecule has 0 saturated heterocycles. The van der Waals surface area contributed by atoms with Crippen molar-refractivity contribution in [2.75, 3.05) is 18.0 Å². The van der Waals surface area contributed by atoms with Gasteiger partial charge in [-0.25, -0.2) is 4.39 Å². The molecule has 0 atom stereocenters. The second kappa shape index (κ2) is 8.81. The molecule has 1 aliphatic heterocycles. The second-order valence-electron chi connectivity index (χ2n) is 6.19. The molecule has 0 aromatic heterocycles. The molecule has 0 radical (unpaired) electrons. The van der Waals surface area contributed by atoms with E-state index in [1.165, 1.54) is 23.8 Å². The third-order valence-corrected chi connectivity index (χ3v) is 4.73. The Morgan fingerprint density at radius 1 is 1.19 bits per heavy atom. The first kappa shape index (κ1) is 19.1. The Bertz CT molecular complexity index is 885. The Morgan fingerprint density at radius 2 is 2.00 bits per heavy atom. The molecule has 1 heterocycles. The van der Waals surface area contributed by atoms with E-state index >= 15 is 0 Å². The van der Waals surface area contributed by atoms with Gasteiger partial charge in [0.25, 0.3) is 11.8 Å². The van der Waals surface area contributed by atoms with Gasteiger partial charge in [-0.2, -0.15) is 0 Å². The summed E-state index contributed by atoms with van der Waals surface area (Å²) < 4.78 is 14.3. The number of amides is 2. The molecule has 2 aromatic carbocycles. The first-order chi connectivity index (χ1) is 13.0. The SMILES string of the molecule is O=C(/C=C/c1cc(Br)ccc1F)NNC(=O)CN1CCCc2ccccc21. The minimum Gasteiger partial charge on any atom is -0.362 e. The van der Waals surface area contributed by atoms with Gasteiger partial charge in [0.2, 0.25) is 0 Å². The van der Waals surface area contributed by atoms with Crippen molar-refractivity contribution in [1.82, 2.24) is 10.9 Å². The molecule has 0 unspecified atom stereocenters. The third kappa shape index (κ3) is 5.17. The van der Waals surface area contributed by atoms with Crippen molar-refractivity contribution in [2.45, 2.75) is 12.8 Å². The van der Waals surface area contributed by atoms with E-state index in [1.807, 2.05) is 23.1 Å². The average Bonchev–Trinajstić information content (AvgIpc) is 2.67. The molecular weight excluding hydrogens is 413 g/mol. The molecule has 27 heavy (non-hydrogen) atoms. The highest BCUT2D eigenvalue weighted by molar-refractivity contribution is 9.10. The van der Waals surface area contributed by atoms with Crippen molar-refractivity contribution in [3.05, 3.63) is 70.0 Å². The number of nitrogens with zero attached hydrogens (tertiary/aromatic N) is 1. The van der Waals surface area contributed by atoms with E-state index in [0.717, 1.165) is 25.1 Å². The van der Waals surface area contributed by atoms with Gasteiger partial charge in [-0.15, -0.1) is 0 Å². The number of benzene rings is 2. The molecule has 3 rings (SSSR count). The number of hydrogen-bond donors (Lipinski definition) is 2. The van der Waals surface area contributed by atoms with E-state index in [9.17, 15) is 14.0 Å². The highest BCUT2D eigenvalue weighted by Crippen LogP contribution is 2.26. The van der Waals surface area contributed by atoms with Crippen LogP contribution < -0.4 is 15.8 Å². The van der Waals surface area contributed by atoms with Crippen LogP contribution in [0.2, 0.25) is 0 Å². The average molecular weight is 432 g/mol. The maximum atomic E-state index is 13.6. The van der Waals surface area contributed by atoms with E-state index in [-0.39, 0.29) is 18.0 Å². The molecule has 2 aromatic rings. The lowest BCUT2D eigenvalue weighted by atomic mass is 10.0. The van der Waals surface area contributed by atoms with Crippen LogP contribution >= 0.6 is 15.9 Å². The largest absolute Gasteiger partial charge is 0.362 e. The number of aryl methyl sites for hydroxylation is 1. The summed E-state index contributed by atoms with van der Waals surface area (Å²) >= 11 is 3.25. The number of fused-ring (bicyclic) bond motifs is 1. The summed E-state index contributed by atoms with van der Waals surface area (Å²) in [4.78, 5) is 26.0. The van der Waals surface area contributed by atoms with Gasteiger partial charge in [-0.3, -0.25) is 20.4 Å². The van der Waals surface area contributed by atoms with Crippen molar-refractivity contribution < 1.29 is 14.0 Å². The standard InChI is InChI=1S/C20H19BrFN3O2/c21-16-8-9-17(22)15(12-16)7-10-19(26)23-24-20(27)13-25-11-3-5-14-4-1-2-6-18(14)25/h1-2,4,6-10,12H,3,5,11,13H2,(H,23,26)(H,24,27)/b10-7+. The number of hydrogen-bond acceptors (Lipinski definition) is 3. The van der Waals surface area contributed by atoms with E-state index in [4.69, 9.17) is 0 Å². The maximum absolute atomic E-state index is 13.6. The van der Waals surface area contributed by atoms with Gasteiger partial charge in [0.15, 0.2) is 0 Å². The van der Waals surface area contributed by atoms with Gasteiger partial charge >= 0.3 is 0 Å². The molecule has 0 fully saturated rings. The molecule has 5 nitrogen and oxygen atoms in total. The maximum Gasteiger partial charge on any atom is 0.262 e. The highest BCUT2D eigenvalue weighted by atomic mass is 79.9. The number of halogens is 2. The van der Waals surface area contributed by atoms with Gasteiger partial charge in [0, 0.05) is 28.3 Å². The summed E-state index contributed by atoms with van der Waals surface area (Å²) in [7, 11) is 0. The smallest absolute Gasteiger partial charge is 0.262 e. The van der Waals surface area contributed by atoms with Gasteiger partial charge in [-0.1, -0.05) is 34.1 Å². The molecule has 2 amide bonds. The van der Waals surface area contributed by atoms with Gasteiger partial charge < -0.3 is 4.90 Å². The molecule has 0 aliphatic carbocycles. The number of nitrogens with one attached hydrogen (secondary N) is 2. The topological polar surface area (TPSA) is 61.4 Å². The molecule has 0 bridgehead atoms. The normalized spacial score (nSPS) is 13.3. The Hall–Kier alpha value is -2.67. The van der Waals surface area contributed by atoms with Gasteiger partial charge in [0.05, 0.1) is 6.54 Å². The van der Waals surface area contributed by atoms with Crippen molar-refractivity contribution in [1.29, 1.82) is 0 Å². The minimum atomic E-state index is -0.540. The van der Waals surface area contributed by atoms with Crippen LogP contribution in [-0.2, 0) is 16.0 Å². The first-order valence-electron chi connectivity index (χ1n) is 8.58. The molecule has 140 valence electrons. The predicted octanol–water partition coefficient (Wildman–Crippen LogP) is 3.20. The van der Waals surface area contributed by atoms with E-state index in [2.05, 4.69) is 32.8 Å². The molecule has 7 heteroatoms. The summed E-state index contributed by atoms with van der Waals surface area (Å²) in [6, 6.07) is 12.4. The van der Waals surface area contributed by atoms with E-state index in [1.54, 1.807) is 12.1 Å². The summed E-state index contributed by atoms with van der Waals surface area (Å²) in [5.74, 6) is -1.29. The monoisotopic (exact) mass is 431 g/mol. The van der Waals surface area contributed by atoms with Gasteiger partial charge in [-0.05, 0) is 48.7 Å². The minimum absolute atomic E-state index is 0.154. The van der Waals surface area contributed by atoms with Crippen molar-refractivity contribution in [2.24, 2.45) is 0 Å². The zero-order chi connectivity index (χ0) is 19.2. The number of carbonyl (C=O) groups excluding carboxylic acids is 2. The van der Waals surface area contributed by atoms with Crippen molar-refractivity contribution in [3.8, 4) is 0 Å². The number of anilines is 1. The summed E-state index contributed by atoms with van der Waals surface area (Å²) in [6.45, 7) is 0.946. The quantitative estimate of drug-likeness (QED) is 0.577. The lowest BCUT2D eigenvalue weighted by Crippen LogP contribution is -2.47. The fourth-order valence-corrected chi connectivity index (χ4v) is 3.35. The highest BCUT2D eigenvalue weighted by Gasteiger charge is 2.18. The Morgan fingerprint density at radius 3 is 2.85 bits per heavy atom. The fourth-order valence-electron chi connectivity index (χ4n) is 2.97. The Labute approximate surface area is 165 Å². The van der Waals surface area contributed by atoms with E-state index in [0.29, 0.717) is 4.47 Å². The molecule has 0 saturated carbocycles. The van der Waals surface area contributed by atoms with Crippen LogP contribution in [0.3, 0.4) is 0 Å². The molecule has 2 N–H and O–H groups in total. The number of rotatable bonds is 4. The van der Waals surface area contributed by atoms with Crippen molar-refractivity contribution >= 4 is 39.5 Å². The Kier molecular flexibility index (Phi) is 6.24. The third-order valence-electron chi connectivity index (χ3n) is 4.24. The van der Waals surface area contributed by atoms with Crippen LogP contribution in [0.15, 0.2) is 53.0 Å². The zero-order valence-corrected chi connectivity index (χ0v) is 16.1. The number of para-hydroxylation sites is 1. The summed E-state index contributed by atoms with van der Waals surface area (Å²) in [6.07, 6.45) is 4.50. The zero-order valence-electron chi connectivity index (χ0n) is 14.5. The number of hydrazine groups is 1. The van der Waals surface area contributed by atoms with E-state index < -0.39 is 11.7 Å². The van der Waals surface area contributed by atoms with Crippen LogP contribution in [0, 0.1) is 5.82 Å². The van der Waals surface area contributed by atoms with Crippen LogP contribution in [-0.4, -0.2) is 24.9 Å². The Balaban J connectivity index is 1.51. The summed E-state index contributed by atoms with van der Waals surface area (Å²) in [5.41, 5.74) is 7.25. The first-order valence-corrected chi connectivity index (χ1v) is 9.37. The lowest BCUT2D eigenvalue weighted by Gasteiger charge is -2.30. The number of carbonyl (C=O) groups is 2. The molecule has 0 spiro atoms. The van der Waals surface area contributed by atoms with Crippen molar-refractivity contribution in [3.63, 3.8) is 0 Å². The molecular formula is C20H19BrFN3O2. The predicted molar refractivity (Wildman–Crippen MR) is 106 cm³/mol. The van der Waals surface area contributed by atoms with Crippen LogP contribution in [0.5, 0.6) is 0 Å². The fraction of sp³-hybridized carbons (Fsp3) is 0.200. The lowest BCUT2D eigenvalue weighted by molar-refractivity contribution is -0.125. The molecule has 1 aliphatic rings. The van der Waals surface area contributed by atoms with Crippen LogP contribution in [0.4, 0.5) is 10.1 Å². The van der Waals surface area contributed by atoms with Gasteiger partial charge in [0.1, 0.15) is 5.82 Å². The summed E-state index contributed by atoms with van der Waals surface area (Å²) in [5, 5.41) is 0. The van der Waals surface area contributed by atoms with Crippen LogP contribution in [0.25, 0.3) is 6.08 Å². The second-order valence-corrected chi connectivity index (χ2v) is 7.11.